The van der Waals surface area contributed by atoms with Gasteiger partial charge in [-0.3, -0.25) is 9.48 Å². The van der Waals surface area contributed by atoms with E-state index in [9.17, 15) is 4.79 Å². The molecule has 1 atom stereocenters. The maximum atomic E-state index is 13.0. The van der Waals surface area contributed by atoms with Gasteiger partial charge in [-0.25, -0.2) is 0 Å². The number of amides is 1. The summed E-state index contributed by atoms with van der Waals surface area (Å²) in [6, 6.07) is 15.8. The summed E-state index contributed by atoms with van der Waals surface area (Å²) >= 11 is 6.16. The zero-order valence-corrected chi connectivity index (χ0v) is 15.8. The van der Waals surface area contributed by atoms with Gasteiger partial charge in [-0.15, -0.1) is 0 Å². The SMILES string of the molecule is Cn1ncc(C(=O)NC2CCNc3ccc(Cl)cc32)c1Cc1ccccc1. The molecule has 6 heteroatoms. The van der Waals surface area contributed by atoms with Crippen molar-refractivity contribution in [2.75, 3.05) is 11.9 Å². The highest BCUT2D eigenvalue weighted by molar-refractivity contribution is 6.30. The molecule has 0 saturated heterocycles. The van der Waals surface area contributed by atoms with Crippen molar-refractivity contribution in [2.24, 2.45) is 7.05 Å². The number of hydrogen-bond acceptors (Lipinski definition) is 3. The van der Waals surface area contributed by atoms with Crippen LogP contribution in [0.5, 0.6) is 0 Å². The molecule has 1 aliphatic heterocycles. The Kier molecular flexibility index (Phi) is 4.86. The Labute approximate surface area is 163 Å². The third-order valence-electron chi connectivity index (χ3n) is 4.96. The molecule has 1 unspecified atom stereocenters. The molecule has 1 amide bonds. The third-order valence-corrected chi connectivity index (χ3v) is 5.20. The van der Waals surface area contributed by atoms with Crippen LogP contribution in [0.3, 0.4) is 0 Å². The first-order valence-corrected chi connectivity index (χ1v) is 9.38. The fourth-order valence-electron chi connectivity index (χ4n) is 3.53. The number of aromatic nitrogens is 2. The minimum absolute atomic E-state index is 0.0720. The lowest BCUT2D eigenvalue weighted by molar-refractivity contribution is 0.0934. The smallest absolute Gasteiger partial charge is 0.255 e. The van der Waals surface area contributed by atoms with Crippen LogP contribution in [-0.4, -0.2) is 22.2 Å². The molecule has 1 aromatic heterocycles. The van der Waals surface area contributed by atoms with Gasteiger partial charge in [0.05, 0.1) is 23.5 Å². The second kappa shape index (κ2) is 7.45. The topological polar surface area (TPSA) is 59.0 Å². The molecule has 0 aliphatic carbocycles. The summed E-state index contributed by atoms with van der Waals surface area (Å²) in [5.41, 5.74) is 4.71. The largest absolute Gasteiger partial charge is 0.385 e. The summed E-state index contributed by atoms with van der Waals surface area (Å²) in [4.78, 5) is 13.0. The number of nitrogens with zero attached hydrogens (tertiary/aromatic N) is 2. The molecule has 0 radical (unpaired) electrons. The molecule has 2 heterocycles. The van der Waals surface area contributed by atoms with Crippen LogP contribution < -0.4 is 10.6 Å². The number of aryl methyl sites for hydroxylation is 1. The monoisotopic (exact) mass is 380 g/mol. The Morgan fingerprint density at radius 3 is 2.93 bits per heavy atom. The van der Waals surface area contributed by atoms with Crippen molar-refractivity contribution in [3.8, 4) is 0 Å². The average molecular weight is 381 g/mol. The maximum absolute atomic E-state index is 13.0. The highest BCUT2D eigenvalue weighted by Crippen LogP contribution is 2.32. The van der Waals surface area contributed by atoms with Gasteiger partial charge >= 0.3 is 0 Å². The lowest BCUT2D eigenvalue weighted by Crippen LogP contribution is -2.33. The Morgan fingerprint density at radius 2 is 2.11 bits per heavy atom. The highest BCUT2D eigenvalue weighted by atomic mass is 35.5. The van der Waals surface area contributed by atoms with Crippen LogP contribution in [-0.2, 0) is 13.5 Å². The van der Waals surface area contributed by atoms with Gasteiger partial charge in [-0.1, -0.05) is 41.9 Å². The van der Waals surface area contributed by atoms with Gasteiger partial charge in [0.2, 0.25) is 0 Å². The van der Waals surface area contributed by atoms with Crippen molar-refractivity contribution in [2.45, 2.75) is 18.9 Å². The molecule has 0 spiro atoms. The number of rotatable bonds is 4. The van der Waals surface area contributed by atoms with E-state index >= 15 is 0 Å². The number of anilines is 1. The molecule has 2 N–H and O–H groups in total. The Hall–Kier alpha value is -2.79. The van der Waals surface area contributed by atoms with Crippen LogP contribution in [0.1, 0.15) is 39.6 Å². The normalized spacial score (nSPS) is 15.7. The van der Waals surface area contributed by atoms with E-state index in [4.69, 9.17) is 11.6 Å². The number of carbonyl (C=O) groups excluding carboxylic acids is 1. The van der Waals surface area contributed by atoms with Crippen LogP contribution in [0.15, 0.2) is 54.7 Å². The Balaban J connectivity index is 1.58. The molecule has 3 aromatic rings. The summed E-state index contributed by atoms with van der Waals surface area (Å²) < 4.78 is 1.77. The maximum Gasteiger partial charge on any atom is 0.255 e. The summed E-state index contributed by atoms with van der Waals surface area (Å²) in [7, 11) is 1.87. The van der Waals surface area contributed by atoms with Gasteiger partial charge in [-0.05, 0) is 35.7 Å². The first-order valence-electron chi connectivity index (χ1n) is 9.01. The molecule has 0 saturated carbocycles. The molecule has 1 aliphatic rings. The van der Waals surface area contributed by atoms with Crippen LogP contribution in [0.25, 0.3) is 0 Å². The molecular weight excluding hydrogens is 360 g/mol. The van der Waals surface area contributed by atoms with Gasteiger partial charge in [0.1, 0.15) is 0 Å². The second-order valence-electron chi connectivity index (χ2n) is 6.76. The standard InChI is InChI=1S/C21H21ClN4O/c1-26-20(11-14-5-3-2-4-6-14)17(13-24-26)21(27)25-19-9-10-23-18-8-7-15(22)12-16(18)19/h2-8,12-13,19,23H,9-11H2,1H3,(H,25,27). The van der Waals surface area contributed by atoms with E-state index in [-0.39, 0.29) is 11.9 Å². The van der Waals surface area contributed by atoms with E-state index in [2.05, 4.69) is 27.9 Å². The number of nitrogens with one attached hydrogen (secondary N) is 2. The van der Waals surface area contributed by atoms with Gasteiger partial charge in [0.15, 0.2) is 0 Å². The zero-order chi connectivity index (χ0) is 18.8. The lowest BCUT2D eigenvalue weighted by Gasteiger charge is -2.27. The first kappa shape index (κ1) is 17.6. The molecule has 4 rings (SSSR count). The molecule has 27 heavy (non-hydrogen) atoms. The molecule has 0 bridgehead atoms. The van der Waals surface area contributed by atoms with Gasteiger partial charge in [-0.2, -0.15) is 5.10 Å². The fourth-order valence-corrected chi connectivity index (χ4v) is 3.71. The zero-order valence-electron chi connectivity index (χ0n) is 15.1. The number of carbonyl (C=O) groups is 1. The molecule has 5 nitrogen and oxygen atoms in total. The fraction of sp³-hybridized carbons (Fsp3) is 0.238. The third kappa shape index (κ3) is 3.69. The van der Waals surface area contributed by atoms with Crippen LogP contribution in [0.4, 0.5) is 5.69 Å². The number of hydrogen-bond donors (Lipinski definition) is 2. The molecule has 138 valence electrons. The van der Waals surface area contributed by atoms with Crippen molar-refractivity contribution in [3.05, 3.63) is 82.1 Å². The second-order valence-corrected chi connectivity index (χ2v) is 7.20. The van der Waals surface area contributed by atoms with Crippen molar-refractivity contribution in [3.63, 3.8) is 0 Å². The van der Waals surface area contributed by atoms with Crippen LogP contribution >= 0.6 is 11.6 Å². The van der Waals surface area contributed by atoms with Crippen molar-refractivity contribution >= 4 is 23.2 Å². The minimum Gasteiger partial charge on any atom is -0.385 e. The molecule has 0 fully saturated rings. The summed E-state index contributed by atoms with van der Waals surface area (Å²) in [5.74, 6) is -0.105. The Bertz CT molecular complexity index is 968. The van der Waals surface area contributed by atoms with E-state index in [1.165, 1.54) is 0 Å². The average Bonchev–Trinajstić information content (AvgIpc) is 3.04. The molecule has 2 aromatic carbocycles. The quantitative estimate of drug-likeness (QED) is 0.720. The van der Waals surface area contributed by atoms with E-state index in [0.29, 0.717) is 17.0 Å². The first-order chi connectivity index (χ1) is 13.1. The minimum atomic E-state index is -0.105. The number of benzene rings is 2. The molecular formula is C21H21ClN4O. The lowest BCUT2D eigenvalue weighted by atomic mass is 9.97. The van der Waals surface area contributed by atoms with E-state index in [1.807, 2.05) is 43.4 Å². The van der Waals surface area contributed by atoms with Gasteiger partial charge in [0, 0.05) is 30.7 Å². The predicted molar refractivity (Wildman–Crippen MR) is 107 cm³/mol. The van der Waals surface area contributed by atoms with Crippen molar-refractivity contribution < 1.29 is 4.79 Å². The summed E-state index contributed by atoms with van der Waals surface area (Å²) in [5, 5.41) is 11.5. The summed E-state index contributed by atoms with van der Waals surface area (Å²) in [6.07, 6.45) is 3.12. The number of halogens is 1. The van der Waals surface area contributed by atoms with Crippen LogP contribution in [0, 0.1) is 0 Å². The van der Waals surface area contributed by atoms with E-state index in [0.717, 1.165) is 35.5 Å². The van der Waals surface area contributed by atoms with E-state index in [1.54, 1.807) is 10.9 Å². The van der Waals surface area contributed by atoms with Crippen LogP contribution in [0.2, 0.25) is 5.02 Å². The van der Waals surface area contributed by atoms with Crippen molar-refractivity contribution in [1.82, 2.24) is 15.1 Å². The highest BCUT2D eigenvalue weighted by Gasteiger charge is 2.24. The Morgan fingerprint density at radius 1 is 1.30 bits per heavy atom. The van der Waals surface area contributed by atoms with E-state index < -0.39 is 0 Å². The predicted octanol–water partition coefficient (Wildman–Crippen LogP) is 3.95. The summed E-state index contributed by atoms with van der Waals surface area (Å²) in [6.45, 7) is 0.809. The number of fused-ring (bicyclic) bond motifs is 1. The van der Waals surface area contributed by atoms with Crippen molar-refractivity contribution in [1.29, 1.82) is 0 Å². The van der Waals surface area contributed by atoms with Gasteiger partial charge < -0.3 is 10.6 Å². The van der Waals surface area contributed by atoms with Gasteiger partial charge in [0.25, 0.3) is 5.91 Å².